The second-order valence-corrected chi connectivity index (χ2v) is 17.2. The van der Waals surface area contributed by atoms with Crippen molar-refractivity contribution in [2.75, 3.05) is 4.90 Å². The first kappa shape index (κ1) is 35.5. The number of anilines is 3. The Balaban J connectivity index is 0.943. The van der Waals surface area contributed by atoms with E-state index in [4.69, 9.17) is 13.3 Å². The van der Waals surface area contributed by atoms with E-state index in [1.807, 2.05) is 24.3 Å². The molecule has 15 rings (SSSR count). The van der Waals surface area contributed by atoms with Crippen LogP contribution in [0.25, 0.3) is 121 Å². The van der Waals surface area contributed by atoms with Crippen molar-refractivity contribution in [1.29, 1.82) is 0 Å². The zero-order valence-electron chi connectivity index (χ0n) is 35.3. The summed E-state index contributed by atoms with van der Waals surface area (Å²) in [6.45, 7) is 0. The molecule has 0 atom stereocenters. The van der Waals surface area contributed by atoms with Gasteiger partial charge in [0.1, 0.15) is 22.3 Å². The maximum Gasteiger partial charge on any atom is 0.159 e. The molecule has 0 saturated carbocycles. The lowest BCUT2D eigenvalue weighted by Gasteiger charge is -2.26. The Hall–Kier alpha value is -9.00. The topological polar surface area (TPSA) is 52.5 Å². The van der Waals surface area contributed by atoms with Crippen LogP contribution in [0, 0.1) is 0 Å². The van der Waals surface area contributed by atoms with E-state index in [-0.39, 0.29) is 0 Å². The molecule has 0 aliphatic carbocycles. The molecule has 66 heavy (non-hydrogen) atoms. The number of hydrogen-bond acceptors (Lipinski definition) is 4. The van der Waals surface area contributed by atoms with E-state index in [0.29, 0.717) is 0 Å². The first-order valence-corrected chi connectivity index (χ1v) is 22.3. The van der Waals surface area contributed by atoms with Crippen molar-refractivity contribution in [3.05, 3.63) is 212 Å². The predicted molar refractivity (Wildman–Crippen MR) is 272 cm³/mol. The van der Waals surface area contributed by atoms with Crippen LogP contribution < -0.4 is 4.90 Å². The zero-order chi connectivity index (χ0) is 43.0. The quantitative estimate of drug-likeness (QED) is 0.173. The first-order valence-electron chi connectivity index (χ1n) is 22.3. The van der Waals surface area contributed by atoms with E-state index >= 15 is 0 Å². The molecule has 0 amide bonds. The minimum atomic E-state index is 0.815. The highest BCUT2D eigenvalue weighted by molar-refractivity contribution is 6.29. The highest BCUT2D eigenvalue weighted by Gasteiger charge is 2.25. The average Bonchev–Trinajstić information content (AvgIpc) is 4.19. The predicted octanol–water partition coefficient (Wildman–Crippen LogP) is 17.0. The molecule has 0 spiro atoms. The third kappa shape index (κ3) is 4.79. The van der Waals surface area contributed by atoms with E-state index in [1.165, 1.54) is 5.39 Å². The summed E-state index contributed by atoms with van der Waals surface area (Å²) in [6.07, 6.45) is 0. The molecule has 0 aliphatic rings. The second kappa shape index (κ2) is 13.3. The molecule has 6 heteroatoms. The van der Waals surface area contributed by atoms with E-state index in [2.05, 4.69) is 202 Å². The molecular formula is C60H35N3O3. The van der Waals surface area contributed by atoms with Gasteiger partial charge in [-0.25, -0.2) is 0 Å². The van der Waals surface area contributed by atoms with Gasteiger partial charge in [-0.15, -0.1) is 0 Å². The summed E-state index contributed by atoms with van der Waals surface area (Å²) in [5, 5.41) is 11.0. The number of furan rings is 3. The Morgan fingerprint density at radius 3 is 1.23 bits per heavy atom. The van der Waals surface area contributed by atoms with Crippen LogP contribution in [0.1, 0.15) is 0 Å². The number of hydrogen-bond donors (Lipinski definition) is 0. The number of aromatic nitrogens is 2. The number of fused-ring (bicyclic) bond motifs is 17. The first-order chi connectivity index (χ1) is 32.8. The summed E-state index contributed by atoms with van der Waals surface area (Å²) in [4.78, 5) is 2.28. The minimum Gasteiger partial charge on any atom is -0.455 e. The standard InChI is InChI=1S/C60H35N3O3/c1-2-14-36(15-3-1)61-47-22-8-4-18-45(47)55-49(61)34-32-43-44-33-35-50-56(60(44)66-59(43)55)46-19-5-9-23-48(46)62(50)37-28-30-38(31-29-37)63(51-24-12-20-41-39-16-6-10-26-53(39)64-57(41)51)52-25-13-21-42-40-17-7-11-27-54(40)65-58(42)52/h1-35H. The van der Waals surface area contributed by atoms with Crippen LogP contribution in [0.15, 0.2) is 226 Å². The van der Waals surface area contributed by atoms with Gasteiger partial charge in [0.25, 0.3) is 0 Å². The number of nitrogens with zero attached hydrogens (tertiary/aromatic N) is 3. The zero-order valence-corrected chi connectivity index (χ0v) is 35.3. The van der Waals surface area contributed by atoms with Crippen molar-refractivity contribution >= 4 is 126 Å². The van der Waals surface area contributed by atoms with Gasteiger partial charge in [-0.2, -0.15) is 0 Å². The van der Waals surface area contributed by atoms with Gasteiger partial charge >= 0.3 is 0 Å². The number of para-hydroxylation sites is 7. The van der Waals surface area contributed by atoms with Gasteiger partial charge in [0.05, 0.1) is 44.2 Å². The molecule has 0 bridgehead atoms. The molecule has 308 valence electrons. The van der Waals surface area contributed by atoms with E-state index in [1.54, 1.807) is 0 Å². The maximum atomic E-state index is 7.20. The molecule has 0 fully saturated rings. The highest BCUT2D eigenvalue weighted by Crippen LogP contribution is 2.48. The fourth-order valence-corrected chi connectivity index (χ4v) is 10.9. The number of benzene rings is 10. The molecule has 0 unspecified atom stereocenters. The Labute approximate surface area is 375 Å². The van der Waals surface area contributed by atoms with E-state index < -0.39 is 0 Å². The van der Waals surface area contributed by atoms with Crippen LogP contribution >= 0.6 is 0 Å². The van der Waals surface area contributed by atoms with Crippen molar-refractivity contribution < 1.29 is 13.3 Å². The lowest BCUT2D eigenvalue weighted by Crippen LogP contribution is -2.10. The van der Waals surface area contributed by atoms with Gasteiger partial charge in [-0.05, 0) is 97.1 Å². The lowest BCUT2D eigenvalue weighted by molar-refractivity contribution is 0.666. The van der Waals surface area contributed by atoms with Gasteiger partial charge in [-0.1, -0.05) is 115 Å². The molecule has 0 N–H and O–H groups in total. The van der Waals surface area contributed by atoms with Crippen LogP contribution in [0.4, 0.5) is 17.1 Å². The van der Waals surface area contributed by atoms with Crippen molar-refractivity contribution in [3.63, 3.8) is 0 Å². The molecule has 10 aromatic carbocycles. The van der Waals surface area contributed by atoms with Gasteiger partial charge in [0.15, 0.2) is 11.2 Å². The summed E-state index contributed by atoms with van der Waals surface area (Å²) in [5.74, 6) is 0. The van der Waals surface area contributed by atoms with Crippen LogP contribution in [-0.2, 0) is 0 Å². The van der Waals surface area contributed by atoms with Crippen LogP contribution in [0.3, 0.4) is 0 Å². The maximum absolute atomic E-state index is 7.20. The van der Waals surface area contributed by atoms with Crippen molar-refractivity contribution in [3.8, 4) is 11.4 Å². The third-order valence-corrected chi connectivity index (χ3v) is 13.7. The van der Waals surface area contributed by atoms with E-state index in [0.717, 1.165) is 132 Å². The van der Waals surface area contributed by atoms with Crippen LogP contribution in [0.5, 0.6) is 0 Å². The summed E-state index contributed by atoms with van der Waals surface area (Å²) >= 11 is 0. The Bertz CT molecular complexity index is 4350. The molecule has 15 aromatic rings. The molecule has 5 heterocycles. The van der Waals surface area contributed by atoms with Crippen molar-refractivity contribution in [2.45, 2.75) is 0 Å². The molecule has 0 aliphatic heterocycles. The SMILES string of the molecule is c1ccc(-n2c3ccccc3c3c4oc5c(ccc6c5c5ccccc5n6-c5ccc(N(c6cccc7c6oc6ccccc67)c6cccc7c6oc6ccccc67)cc5)c4ccc32)cc1. The number of rotatable bonds is 5. The van der Waals surface area contributed by atoms with Gasteiger partial charge in [-0.3, -0.25) is 0 Å². The summed E-state index contributed by atoms with van der Waals surface area (Å²) < 4.78 is 25.3. The molecule has 6 nitrogen and oxygen atoms in total. The summed E-state index contributed by atoms with van der Waals surface area (Å²) in [5.41, 5.74) is 14.6. The molecular weight excluding hydrogens is 811 g/mol. The fraction of sp³-hybridized carbons (Fsp3) is 0. The summed E-state index contributed by atoms with van der Waals surface area (Å²) in [7, 11) is 0. The Morgan fingerprint density at radius 1 is 0.273 bits per heavy atom. The fourth-order valence-electron chi connectivity index (χ4n) is 10.9. The lowest BCUT2D eigenvalue weighted by atomic mass is 10.1. The van der Waals surface area contributed by atoms with Gasteiger partial charge in [0.2, 0.25) is 0 Å². The van der Waals surface area contributed by atoms with Gasteiger partial charge in [0, 0.05) is 60.2 Å². The summed E-state index contributed by atoms with van der Waals surface area (Å²) in [6, 6.07) is 75.0. The molecule has 0 saturated heterocycles. The third-order valence-electron chi connectivity index (χ3n) is 13.7. The smallest absolute Gasteiger partial charge is 0.159 e. The van der Waals surface area contributed by atoms with E-state index in [9.17, 15) is 0 Å². The van der Waals surface area contributed by atoms with Crippen LogP contribution in [0.2, 0.25) is 0 Å². The molecule has 5 aromatic heterocycles. The average molecular weight is 846 g/mol. The largest absolute Gasteiger partial charge is 0.455 e. The second-order valence-electron chi connectivity index (χ2n) is 17.2. The Morgan fingerprint density at radius 2 is 0.697 bits per heavy atom. The monoisotopic (exact) mass is 845 g/mol. The van der Waals surface area contributed by atoms with Crippen LogP contribution in [-0.4, -0.2) is 9.13 Å². The normalized spacial score (nSPS) is 12.2. The van der Waals surface area contributed by atoms with Gasteiger partial charge < -0.3 is 27.3 Å². The molecule has 0 radical (unpaired) electrons. The minimum absolute atomic E-state index is 0.815. The highest BCUT2D eigenvalue weighted by atomic mass is 16.3. The Kier molecular flexibility index (Phi) is 7.13. The van der Waals surface area contributed by atoms with Crippen molar-refractivity contribution in [1.82, 2.24) is 9.13 Å². The van der Waals surface area contributed by atoms with Crippen molar-refractivity contribution in [2.24, 2.45) is 0 Å².